The Bertz CT molecular complexity index is 796. The summed E-state index contributed by atoms with van der Waals surface area (Å²) in [5, 5.41) is -0.795. The Kier molecular flexibility index (Phi) is 4.89. The highest BCUT2D eigenvalue weighted by molar-refractivity contribution is 6.31. The number of nitrogens with zero attached hydrogens (tertiary/aromatic N) is 2. The van der Waals surface area contributed by atoms with Gasteiger partial charge in [-0.2, -0.15) is 0 Å². The summed E-state index contributed by atoms with van der Waals surface area (Å²) < 4.78 is 33.1. The van der Waals surface area contributed by atoms with Crippen molar-refractivity contribution in [2.24, 2.45) is 5.73 Å². The fourth-order valence-electron chi connectivity index (χ4n) is 2.72. The third-order valence-electron chi connectivity index (χ3n) is 3.83. The van der Waals surface area contributed by atoms with E-state index in [-0.39, 0.29) is 5.56 Å². The lowest BCUT2D eigenvalue weighted by Crippen LogP contribution is -2.49. The number of ether oxygens (including phenoxy) is 1. The van der Waals surface area contributed by atoms with Crippen LogP contribution >= 0.6 is 11.6 Å². The maximum Gasteiger partial charge on any atom is 0.418 e. The van der Waals surface area contributed by atoms with E-state index in [1.807, 2.05) is 0 Å². The van der Waals surface area contributed by atoms with E-state index in [1.54, 1.807) is 20.8 Å². The average Bonchev–Trinajstić information content (AvgIpc) is 2.75. The van der Waals surface area contributed by atoms with Crippen LogP contribution in [0.5, 0.6) is 0 Å². The number of rotatable bonds is 1. The molecule has 10 heteroatoms. The first kappa shape index (κ1) is 19.9. The zero-order valence-corrected chi connectivity index (χ0v) is 15.4. The summed E-state index contributed by atoms with van der Waals surface area (Å²) >= 11 is 5.60. The van der Waals surface area contributed by atoms with Gasteiger partial charge in [-0.05, 0) is 33.8 Å². The molecular formula is C16H18ClF2N3O4. The van der Waals surface area contributed by atoms with Gasteiger partial charge in [0.15, 0.2) is 0 Å². The number of nitrogens with two attached hydrogens (primary N) is 1. The third-order valence-corrected chi connectivity index (χ3v) is 4.18. The molecule has 1 aliphatic heterocycles. The van der Waals surface area contributed by atoms with Crippen molar-refractivity contribution in [3.05, 3.63) is 34.4 Å². The summed E-state index contributed by atoms with van der Waals surface area (Å²) in [5.41, 5.74) is 2.41. The van der Waals surface area contributed by atoms with E-state index in [1.165, 1.54) is 6.92 Å². The number of amides is 5. The molecule has 26 heavy (non-hydrogen) atoms. The van der Waals surface area contributed by atoms with E-state index in [0.717, 1.165) is 12.1 Å². The fraction of sp³-hybridized carbons (Fsp3) is 0.438. The van der Waals surface area contributed by atoms with Crippen molar-refractivity contribution in [2.75, 3.05) is 6.54 Å². The van der Waals surface area contributed by atoms with Crippen molar-refractivity contribution in [3.63, 3.8) is 0 Å². The van der Waals surface area contributed by atoms with E-state index in [4.69, 9.17) is 22.1 Å². The van der Waals surface area contributed by atoms with Crippen LogP contribution in [-0.4, -0.2) is 40.1 Å². The Hall–Kier alpha value is -2.42. The summed E-state index contributed by atoms with van der Waals surface area (Å²) in [4.78, 5) is 37.8. The van der Waals surface area contributed by atoms with Gasteiger partial charge < -0.3 is 10.5 Å². The number of hydrogen-bond donors (Lipinski definition) is 1. The molecule has 0 aliphatic carbocycles. The Balaban J connectivity index is 2.53. The second kappa shape index (κ2) is 6.39. The zero-order valence-electron chi connectivity index (χ0n) is 14.6. The molecule has 1 unspecified atom stereocenters. The third kappa shape index (κ3) is 3.31. The highest BCUT2D eigenvalue weighted by Gasteiger charge is 2.54. The van der Waals surface area contributed by atoms with Gasteiger partial charge in [0, 0.05) is 5.56 Å². The quantitative estimate of drug-likeness (QED) is 0.743. The smallest absolute Gasteiger partial charge is 0.418 e. The molecule has 1 saturated heterocycles. The van der Waals surface area contributed by atoms with E-state index in [9.17, 15) is 23.2 Å². The highest BCUT2D eigenvalue weighted by atomic mass is 35.5. The maximum atomic E-state index is 14.5. The summed E-state index contributed by atoms with van der Waals surface area (Å²) in [6.07, 6.45) is -1.02. The van der Waals surface area contributed by atoms with E-state index >= 15 is 0 Å². The predicted molar refractivity (Wildman–Crippen MR) is 88.5 cm³/mol. The van der Waals surface area contributed by atoms with Crippen LogP contribution in [0.15, 0.2) is 12.1 Å². The molecule has 1 aromatic rings. The molecular weight excluding hydrogens is 372 g/mol. The molecule has 0 aromatic heterocycles. The average molecular weight is 390 g/mol. The van der Waals surface area contributed by atoms with Crippen LogP contribution in [0.1, 0.15) is 33.3 Å². The number of carbonyl (C=O) groups is 3. The maximum absolute atomic E-state index is 14.5. The molecule has 0 saturated carbocycles. The Morgan fingerprint density at radius 2 is 1.88 bits per heavy atom. The van der Waals surface area contributed by atoms with Gasteiger partial charge in [-0.1, -0.05) is 17.7 Å². The first-order valence-corrected chi connectivity index (χ1v) is 7.95. The van der Waals surface area contributed by atoms with E-state index < -0.39 is 52.5 Å². The first-order valence-electron chi connectivity index (χ1n) is 7.57. The van der Waals surface area contributed by atoms with Crippen LogP contribution in [0.4, 0.5) is 23.2 Å². The molecule has 0 radical (unpaired) electrons. The second-order valence-electron chi connectivity index (χ2n) is 7.02. The van der Waals surface area contributed by atoms with Gasteiger partial charge in [-0.3, -0.25) is 0 Å². The number of halogens is 3. The summed E-state index contributed by atoms with van der Waals surface area (Å²) in [6, 6.07) is -0.345. The molecule has 2 rings (SSSR count). The minimum atomic E-state index is -1.69. The largest absolute Gasteiger partial charge is 0.443 e. The Morgan fingerprint density at radius 3 is 2.38 bits per heavy atom. The number of urea groups is 2. The van der Waals surface area contributed by atoms with Crippen molar-refractivity contribution in [1.82, 2.24) is 9.80 Å². The predicted octanol–water partition coefficient (Wildman–Crippen LogP) is 3.58. The topological polar surface area (TPSA) is 92.9 Å². The molecule has 0 spiro atoms. The summed E-state index contributed by atoms with van der Waals surface area (Å²) in [6.45, 7) is 5.65. The van der Waals surface area contributed by atoms with Crippen molar-refractivity contribution >= 4 is 29.8 Å². The summed E-state index contributed by atoms with van der Waals surface area (Å²) in [7, 11) is 0. The van der Waals surface area contributed by atoms with Gasteiger partial charge in [0.05, 0.1) is 12.1 Å². The van der Waals surface area contributed by atoms with Gasteiger partial charge >= 0.3 is 18.2 Å². The number of carbonyl (C=O) groups excluding carboxylic acids is 3. The first-order chi connectivity index (χ1) is 11.8. The van der Waals surface area contributed by atoms with Crippen molar-refractivity contribution in [2.45, 2.75) is 38.8 Å². The standard InChI is InChI=1S/C16H18ClF2N3O4/c1-15(2,3)26-14(25)21-7-16(4,22(12(20)23)13(21)24)8-5-6-9(18)10(17)11(8)19/h5-6H,7H2,1-4H3,(H2,20,23). The van der Waals surface area contributed by atoms with Crippen LogP contribution in [0, 0.1) is 11.6 Å². The van der Waals surface area contributed by atoms with Crippen molar-refractivity contribution in [3.8, 4) is 0 Å². The summed E-state index contributed by atoms with van der Waals surface area (Å²) in [5.74, 6) is -2.16. The molecule has 7 nitrogen and oxygen atoms in total. The van der Waals surface area contributed by atoms with Crippen LogP contribution in [0.2, 0.25) is 5.02 Å². The number of hydrogen-bond acceptors (Lipinski definition) is 4. The van der Waals surface area contributed by atoms with Crippen LogP contribution in [-0.2, 0) is 10.3 Å². The lowest BCUT2D eigenvalue weighted by Gasteiger charge is -2.31. The van der Waals surface area contributed by atoms with Gasteiger partial charge in [0.2, 0.25) is 0 Å². The second-order valence-corrected chi connectivity index (χ2v) is 7.40. The van der Waals surface area contributed by atoms with Crippen molar-refractivity contribution < 1.29 is 27.9 Å². The van der Waals surface area contributed by atoms with Crippen LogP contribution in [0.25, 0.3) is 0 Å². The Morgan fingerprint density at radius 1 is 1.31 bits per heavy atom. The van der Waals surface area contributed by atoms with Gasteiger partial charge in [-0.25, -0.2) is 33.0 Å². The van der Waals surface area contributed by atoms with E-state index in [2.05, 4.69) is 0 Å². The normalized spacial score (nSPS) is 20.5. The fourth-order valence-corrected chi connectivity index (χ4v) is 2.89. The lowest BCUT2D eigenvalue weighted by atomic mass is 9.91. The number of primary amides is 1. The molecule has 1 fully saturated rings. The molecule has 5 amide bonds. The molecule has 1 heterocycles. The lowest BCUT2D eigenvalue weighted by molar-refractivity contribution is 0.0340. The minimum Gasteiger partial charge on any atom is -0.443 e. The van der Waals surface area contributed by atoms with Crippen molar-refractivity contribution in [1.29, 1.82) is 0 Å². The number of imide groups is 2. The molecule has 0 bridgehead atoms. The molecule has 142 valence electrons. The number of benzene rings is 1. The minimum absolute atomic E-state index is 0.262. The van der Waals surface area contributed by atoms with Gasteiger partial charge in [-0.15, -0.1) is 0 Å². The van der Waals surface area contributed by atoms with Crippen LogP contribution < -0.4 is 5.73 Å². The molecule has 1 aliphatic rings. The molecule has 1 atom stereocenters. The monoisotopic (exact) mass is 389 g/mol. The molecule has 1 aromatic carbocycles. The van der Waals surface area contributed by atoms with E-state index in [0.29, 0.717) is 9.80 Å². The highest BCUT2D eigenvalue weighted by Crippen LogP contribution is 2.39. The van der Waals surface area contributed by atoms with Gasteiger partial charge in [0.25, 0.3) is 0 Å². The SMILES string of the molecule is CC(C)(C)OC(=O)N1CC(C)(c2ccc(F)c(Cl)c2F)N(C(N)=O)C1=O. The van der Waals surface area contributed by atoms with Gasteiger partial charge in [0.1, 0.15) is 22.3 Å². The Labute approximate surface area is 153 Å². The molecule has 2 N–H and O–H groups in total. The van der Waals surface area contributed by atoms with Crippen LogP contribution in [0.3, 0.4) is 0 Å². The zero-order chi connectivity index (χ0) is 20.0.